The molecule has 0 amide bonds. The smallest absolute Gasteiger partial charge is 0.160 e. The van der Waals surface area contributed by atoms with Gasteiger partial charge in [-0.2, -0.15) is 5.10 Å². The van der Waals surface area contributed by atoms with E-state index in [1.54, 1.807) is 0 Å². The number of hydrogen-bond donors (Lipinski definition) is 2. The molecule has 4 rings (SSSR count). The van der Waals surface area contributed by atoms with Crippen molar-refractivity contribution in [2.75, 3.05) is 31.1 Å². The van der Waals surface area contributed by atoms with E-state index < -0.39 is 0 Å². The number of anilines is 1. The second-order valence-corrected chi connectivity index (χ2v) is 7.42. The molecule has 2 aromatic rings. The predicted molar refractivity (Wildman–Crippen MR) is 102 cm³/mol. The molecular formula is C19H30N6. The summed E-state index contributed by atoms with van der Waals surface area (Å²) in [7, 11) is 2.01. The molecule has 0 spiro atoms. The zero-order valence-electron chi connectivity index (χ0n) is 15.3. The minimum atomic E-state index is 0.600. The van der Waals surface area contributed by atoms with Crippen LogP contribution in [0, 0.1) is 0 Å². The van der Waals surface area contributed by atoms with E-state index in [-0.39, 0.29) is 0 Å². The Bertz CT molecular complexity index is 695. The SMILES string of the molecule is Cn1nc(CNC2CCNCC2)c2ccc(N3CCCCCC3)nc21. The number of nitrogens with zero attached hydrogens (tertiary/aromatic N) is 4. The van der Waals surface area contributed by atoms with Crippen LogP contribution >= 0.6 is 0 Å². The minimum Gasteiger partial charge on any atom is -0.357 e. The Hall–Kier alpha value is -1.66. The lowest BCUT2D eigenvalue weighted by Crippen LogP contribution is -2.39. The second kappa shape index (κ2) is 7.70. The Morgan fingerprint density at radius 3 is 2.64 bits per heavy atom. The Balaban J connectivity index is 1.51. The maximum Gasteiger partial charge on any atom is 0.160 e. The van der Waals surface area contributed by atoms with E-state index >= 15 is 0 Å². The minimum absolute atomic E-state index is 0.600. The number of rotatable bonds is 4. The molecule has 0 radical (unpaired) electrons. The molecule has 6 heteroatoms. The fraction of sp³-hybridized carbons (Fsp3) is 0.684. The first-order valence-electron chi connectivity index (χ1n) is 9.83. The summed E-state index contributed by atoms with van der Waals surface area (Å²) in [5.41, 5.74) is 2.12. The summed E-state index contributed by atoms with van der Waals surface area (Å²) in [6, 6.07) is 5.00. The van der Waals surface area contributed by atoms with Gasteiger partial charge in [-0.15, -0.1) is 0 Å². The van der Waals surface area contributed by atoms with Gasteiger partial charge in [-0.3, -0.25) is 4.68 Å². The summed E-state index contributed by atoms with van der Waals surface area (Å²) in [6.45, 7) is 5.30. The normalized spacial score (nSPS) is 20.1. The number of pyridine rings is 1. The number of piperidine rings is 1. The summed E-state index contributed by atoms with van der Waals surface area (Å²) < 4.78 is 1.94. The summed E-state index contributed by atoms with van der Waals surface area (Å²) in [4.78, 5) is 7.38. The Morgan fingerprint density at radius 1 is 1.12 bits per heavy atom. The number of hydrogen-bond acceptors (Lipinski definition) is 5. The topological polar surface area (TPSA) is 58.0 Å². The summed E-state index contributed by atoms with van der Waals surface area (Å²) in [5.74, 6) is 1.11. The number of aryl methyl sites for hydroxylation is 1. The molecule has 25 heavy (non-hydrogen) atoms. The van der Waals surface area contributed by atoms with Crippen molar-refractivity contribution in [3.63, 3.8) is 0 Å². The first kappa shape index (κ1) is 16.8. The molecule has 2 saturated heterocycles. The predicted octanol–water partition coefficient (Wildman–Crippen LogP) is 2.19. The molecule has 0 aromatic carbocycles. The van der Waals surface area contributed by atoms with Crippen LogP contribution in [0.3, 0.4) is 0 Å². The van der Waals surface area contributed by atoms with Crippen molar-refractivity contribution in [2.45, 2.75) is 51.1 Å². The third-order valence-electron chi connectivity index (χ3n) is 5.58. The van der Waals surface area contributed by atoms with Crippen molar-refractivity contribution in [1.29, 1.82) is 0 Å². The van der Waals surface area contributed by atoms with Crippen LogP contribution in [-0.2, 0) is 13.6 Å². The lowest BCUT2D eigenvalue weighted by atomic mass is 10.1. The Morgan fingerprint density at radius 2 is 1.88 bits per heavy atom. The fourth-order valence-electron chi connectivity index (χ4n) is 4.07. The largest absolute Gasteiger partial charge is 0.357 e. The molecule has 0 atom stereocenters. The van der Waals surface area contributed by atoms with Crippen LogP contribution in [0.1, 0.15) is 44.2 Å². The van der Waals surface area contributed by atoms with Crippen molar-refractivity contribution in [2.24, 2.45) is 7.05 Å². The lowest BCUT2D eigenvalue weighted by molar-refractivity contribution is 0.384. The Labute approximate surface area is 150 Å². The van der Waals surface area contributed by atoms with Gasteiger partial charge in [0.1, 0.15) is 5.82 Å². The molecule has 6 nitrogen and oxygen atoms in total. The maximum atomic E-state index is 4.94. The van der Waals surface area contributed by atoms with E-state index in [1.165, 1.54) is 43.9 Å². The van der Waals surface area contributed by atoms with Crippen LogP contribution in [0.5, 0.6) is 0 Å². The van der Waals surface area contributed by atoms with Crippen LogP contribution in [-0.4, -0.2) is 47.0 Å². The Kier molecular flexibility index (Phi) is 5.17. The summed E-state index contributed by atoms with van der Waals surface area (Å²) >= 11 is 0. The van der Waals surface area contributed by atoms with E-state index in [0.717, 1.165) is 49.9 Å². The monoisotopic (exact) mass is 342 g/mol. The number of aromatic nitrogens is 3. The molecule has 0 unspecified atom stereocenters. The molecular weight excluding hydrogens is 312 g/mol. The van der Waals surface area contributed by atoms with Gasteiger partial charge in [-0.25, -0.2) is 4.98 Å². The maximum absolute atomic E-state index is 4.94. The second-order valence-electron chi connectivity index (χ2n) is 7.42. The van der Waals surface area contributed by atoms with Crippen LogP contribution < -0.4 is 15.5 Å². The molecule has 2 fully saturated rings. The number of fused-ring (bicyclic) bond motifs is 1. The van der Waals surface area contributed by atoms with Gasteiger partial charge in [-0.1, -0.05) is 12.8 Å². The van der Waals surface area contributed by atoms with Crippen LogP contribution in [0.4, 0.5) is 5.82 Å². The molecule has 0 saturated carbocycles. The zero-order valence-corrected chi connectivity index (χ0v) is 15.3. The standard InChI is InChI=1S/C19H30N6/c1-24-19-16(17(23-24)14-21-15-8-10-20-11-9-15)6-7-18(22-19)25-12-4-2-3-5-13-25/h6-7,15,20-21H,2-5,8-14H2,1H3. The van der Waals surface area contributed by atoms with Crippen molar-refractivity contribution < 1.29 is 0 Å². The van der Waals surface area contributed by atoms with Gasteiger partial charge in [0.05, 0.1) is 5.69 Å². The van der Waals surface area contributed by atoms with Crippen molar-refractivity contribution in [3.05, 3.63) is 17.8 Å². The molecule has 2 N–H and O–H groups in total. The van der Waals surface area contributed by atoms with Gasteiger partial charge >= 0.3 is 0 Å². The van der Waals surface area contributed by atoms with Gasteiger partial charge in [-0.05, 0) is 50.9 Å². The van der Waals surface area contributed by atoms with Crippen molar-refractivity contribution >= 4 is 16.9 Å². The average Bonchev–Trinajstić information content (AvgIpc) is 2.83. The van der Waals surface area contributed by atoms with E-state index in [9.17, 15) is 0 Å². The van der Waals surface area contributed by atoms with Gasteiger partial charge in [0, 0.05) is 38.1 Å². The van der Waals surface area contributed by atoms with Gasteiger partial charge in [0.2, 0.25) is 0 Å². The van der Waals surface area contributed by atoms with Crippen molar-refractivity contribution in [3.8, 4) is 0 Å². The highest BCUT2D eigenvalue weighted by molar-refractivity contribution is 5.80. The van der Waals surface area contributed by atoms with E-state index in [2.05, 4.69) is 27.7 Å². The molecule has 0 bridgehead atoms. The highest BCUT2D eigenvalue weighted by atomic mass is 15.3. The third-order valence-corrected chi connectivity index (χ3v) is 5.58. The van der Waals surface area contributed by atoms with Crippen LogP contribution in [0.2, 0.25) is 0 Å². The van der Waals surface area contributed by atoms with E-state index in [4.69, 9.17) is 10.1 Å². The molecule has 2 aromatic heterocycles. The highest BCUT2D eigenvalue weighted by Crippen LogP contribution is 2.23. The molecule has 4 heterocycles. The lowest BCUT2D eigenvalue weighted by Gasteiger charge is -2.23. The first-order valence-corrected chi connectivity index (χ1v) is 9.83. The first-order chi connectivity index (χ1) is 12.3. The highest BCUT2D eigenvalue weighted by Gasteiger charge is 2.17. The summed E-state index contributed by atoms with van der Waals surface area (Å²) in [5, 5.41) is 13.0. The van der Waals surface area contributed by atoms with Gasteiger partial charge in [0.15, 0.2) is 5.65 Å². The average molecular weight is 342 g/mol. The van der Waals surface area contributed by atoms with Crippen LogP contribution in [0.15, 0.2) is 12.1 Å². The fourth-order valence-corrected chi connectivity index (χ4v) is 4.07. The molecule has 2 aliphatic rings. The number of nitrogens with one attached hydrogen (secondary N) is 2. The summed E-state index contributed by atoms with van der Waals surface area (Å²) in [6.07, 6.45) is 7.63. The van der Waals surface area contributed by atoms with E-state index in [0.29, 0.717) is 6.04 Å². The third kappa shape index (κ3) is 3.80. The molecule has 2 aliphatic heterocycles. The molecule has 0 aliphatic carbocycles. The zero-order chi connectivity index (χ0) is 17.1. The van der Waals surface area contributed by atoms with Gasteiger partial charge in [0.25, 0.3) is 0 Å². The van der Waals surface area contributed by atoms with Gasteiger partial charge < -0.3 is 15.5 Å². The van der Waals surface area contributed by atoms with Crippen molar-refractivity contribution in [1.82, 2.24) is 25.4 Å². The molecule has 136 valence electrons. The van der Waals surface area contributed by atoms with E-state index in [1.807, 2.05) is 11.7 Å². The quantitative estimate of drug-likeness (QED) is 0.892. The van der Waals surface area contributed by atoms with Crippen LogP contribution in [0.25, 0.3) is 11.0 Å².